The molecule has 2 aliphatic rings. The number of benzene rings is 2. The first-order valence-electron chi connectivity index (χ1n) is 9.15. The molecule has 1 N–H and O–H groups in total. The largest absolute Gasteiger partial charge is 0.423 e. The summed E-state index contributed by atoms with van der Waals surface area (Å²) in [6.45, 7) is 1.72. The van der Waals surface area contributed by atoms with Crippen LogP contribution in [0.5, 0.6) is 5.75 Å². The molecule has 0 spiro atoms. The third kappa shape index (κ3) is 4.31. The molecular formula is C22H15N3O5S. The molecule has 0 saturated carbocycles. The second kappa shape index (κ2) is 8.41. The van der Waals surface area contributed by atoms with Crippen LogP contribution < -0.4 is 15.1 Å². The van der Waals surface area contributed by atoms with Crippen molar-refractivity contribution in [2.45, 2.75) is 6.92 Å². The molecule has 0 radical (unpaired) electrons. The standard InChI is InChI=1S/C22H15N3O5S/c1-13-16(21(28)25(24-13)15-8-3-2-4-9-15)11-14-7-5-6-10-17(14)30-19(26)12-18-20(27)23-22(29)31-18/h2-12H,1H3,(H,23,27,29)/b16-11-,18-12-. The third-order valence-corrected chi connectivity index (χ3v) is 5.19. The number of imide groups is 1. The van der Waals surface area contributed by atoms with Crippen molar-refractivity contribution in [2.24, 2.45) is 5.10 Å². The van der Waals surface area contributed by atoms with Gasteiger partial charge in [-0.2, -0.15) is 10.1 Å². The van der Waals surface area contributed by atoms with Crippen molar-refractivity contribution in [3.63, 3.8) is 0 Å². The van der Waals surface area contributed by atoms with Crippen LogP contribution in [0.2, 0.25) is 0 Å². The Hall–Kier alpha value is -3.98. The van der Waals surface area contributed by atoms with Crippen molar-refractivity contribution in [2.75, 3.05) is 5.01 Å². The lowest BCUT2D eigenvalue weighted by atomic mass is 10.1. The van der Waals surface area contributed by atoms with Gasteiger partial charge in [-0.05, 0) is 43.0 Å². The summed E-state index contributed by atoms with van der Waals surface area (Å²) in [5, 5.41) is 7.16. The number of thioether (sulfide) groups is 1. The van der Waals surface area contributed by atoms with Crippen LogP contribution in [0, 0.1) is 0 Å². The van der Waals surface area contributed by atoms with E-state index in [0.717, 1.165) is 6.08 Å². The van der Waals surface area contributed by atoms with E-state index in [1.807, 2.05) is 18.2 Å². The molecule has 2 aromatic rings. The Labute approximate surface area is 181 Å². The fourth-order valence-electron chi connectivity index (χ4n) is 2.94. The quantitative estimate of drug-likeness (QED) is 0.451. The van der Waals surface area contributed by atoms with Crippen molar-refractivity contribution >= 4 is 52.3 Å². The topological polar surface area (TPSA) is 105 Å². The van der Waals surface area contributed by atoms with Gasteiger partial charge < -0.3 is 4.74 Å². The van der Waals surface area contributed by atoms with E-state index in [9.17, 15) is 19.2 Å². The summed E-state index contributed by atoms with van der Waals surface area (Å²) in [6.07, 6.45) is 2.56. The third-order valence-electron chi connectivity index (χ3n) is 4.38. The van der Waals surface area contributed by atoms with Gasteiger partial charge in [0.25, 0.3) is 17.1 Å². The number of nitrogens with one attached hydrogen (secondary N) is 1. The van der Waals surface area contributed by atoms with Crippen LogP contribution in [0.1, 0.15) is 12.5 Å². The highest BCUT2D eigenvalue weighted by Crippen LogP contribution is 2.28. The van der Waals surface area contributed by atoms with Gasteiger partial charge >= 0.3 is 5.97 Å². The van der Waals surface area contributed by atoms with Crippen LogP contribution in [0.15, 0.2) is 76.3 Å². The van der Waals surface area contributed by atoms with Gasteiger partial charge in [-0.1, -0.05) is 36.4 Å². The monoisotopic (exact) mass is 433 g/mol. The minimum Gasteiger partial charge on any atom is -0.423 e. The minimum atomic E-state index is -0.813. The van der Waals surface area contributed by atoms with Gasteiger partial charge in [0.05, 0.1) is 21.9 Å². The fourth-order valence-corrected chi connectivity index (χ4v) is 3.58. The van der Waals surface area contributed by atoms with Gasteiger partial charge in [-0.25, -0.2) is 4.79 Å². The molecule has 8 nitrogen and oxygen atoms in total. The number of esters is 1. The van der Waals surface area contributed by atoms with Crippen molar-refractivity contribution in [3.05, 3.63) is 76.7 Å². The van der Waals surface area contributed by atoms with E-state index < -0.39 is 17.1 Å². The van der Waals surface area contributed by atoms with Gasteiger partial charge in [-0.15, -0.1) is 0 Å². The maximum atomic E-state index is 12.9. The number of hydrogen-bond acceptors (Lipinski definition) is 7. The highest BCUT2D eigenvalue weighted by molar-refractivity contribution is 8.18. The highest BCUT2D eigenvalue weighted by atomic mass is 32.2. The predicted octanol–water partition coefficient (Wildman–Crippen LogP) is 3.27. The van der Waals surface area contributed by atoms with Gasteiger partial charge in [0.2, 0.25) is 0 Å². The lowest BCUT2D eigenvalue weighted by Crippen LogP contribution is -2.21. The highest BCUT2D eigenvalue weighted by Gasteiger charge is 2.29. The average Bonchev–Trinajstić information content (AvgIpc) is 3.21. The number of amides is 3. The lowest BCUT2D eigenvalue weighted by Gasteiger charge is -2.11. The number of rotatable bonds is 4. The average molecular weight is 433 g/mol. The molecule has 0 unspecified atom stereocenters. The second-order valence-corrected chi connectivity index (χ2v) is 7.52. The van der Waals surface area contributed by atoms with Crippen molar-refractivity contribution in [3.8, 4) is 5.75 Å². The molecule has 2 heterocycles. The van der Waals surface area contributed by atoms with Crippen LogP contribution in [0.3, 0.4) is 0 Å². The lowest BCUT2D eigenvalue weighted by molar-refractivity contribution is -0.129. The Bertz CT molecular complexity index is 1200. The van der Waals surface area contributed by atoms with E-state index >= 15 is 0 Å². The number of para-hydroxylation sites is 2. The predicted molar refractivity (Wildman–Crippen MR) is 116 cm³/mol. The minimum absolute atomic E-state index is 0.0433. The molecule has 1 saturated heterocycles. The summed E-state index contributed by atoms with van der Waals surface area (Å²) < 4.78 is 5.35. The smallest absolute Gasteiger partial charge is 0.337 e. The van der Waals surface area contributed by atoms with Crippen LogP contribution in [0.25, 0.3) is 6.08 Å². The molecule has 4 rings (SSSR count). The Morgan fingerprint density at radius 3 is 2.48 bits per heavy atom. The van der Waals surface area contributed by atoms with E-state index in [4.69, 9.17) is 4.74 Å². The van der Waals surface area contributed by atoms with E-state index in [1.165, 1.54) is 5.01 Å². The van der Waals surface area contributed by atoms with Crippen LogP contribution in [-0.2, 0) is 14.4 Å². The maximum Gasteiger partial charge on any atom is 0.337 e. The Balaban J connectivity index is 1.58. The molecule has 0 aromatic heterocycles. The molecule has 0 atom stereocenters. The molecule has 154 valence electrons. The summed E-state index contributed by atoms with van der Waals surface area (Å²) in [4.78, 5) is 47.9. The molecule has 0 aliphatic carbocycles. The summed E-state index contributed by atoms with van der Waals surface area (Å²) in [6, 6.07) is 15.7. The van der Waals surface area contributed by atoms with E-state index in [1.54, 1.807) is 49.4 Å². The van der Waals surface area contributed by atoms with Crippen LogP contribution in [0.4, 0.5) is 10.5 Å². The van der Waals surface area contributed by atoms with Gasteiger partial charge in [0, 0.05) is 11.6 Å². The first kappa shape index (κ1) is 20.3. The molecular weight excluding hydrogens is 418 g/mol. The summed E-state index contributed by atoms with van der Waals surface area (Å²) in [5.41, 5.74) is 2.02. The van der Waals surface area contributed by atoms with Crippen LogP contribution in [-0.4, -0.2) is 28.7 Å². The molecule has 2 aromatic carbocycles. The number of nitrogens with zero attached hydrogens (tertiary/aromatic N) is 2. The number of carbonyl (C=O) groups excluding carboxylic acids is 4. The van der Waals surface area contributed by atoms with Crippen LogP contribution >= 0.6 is 11.8 Å². The zero-order chi connectivity index (χ0) is 22.0. The van der Waals surface area contributed by atoms with E-state index in [0.29, 0.717) is 34.3 Å². The second-order valence-electron chi connectivity index (χ2n) is 6.51. The van der Waals surface area contributed by atoms with Gasteiger partial charge in [0.15, 0.2) is 0 Å². The molecule has 9 heteroatoms. The van der Waals surface area contributed by atoms with E-state index in [-0.39, 0.29) is 16.6 Å². The molecule has 1 fully saturated rings. The summed E-state index contributed by atoms with van der Waals surface area (Å²) in [5.74, 6) is -1.56. The van der Waals surface area contributed by atoms with Crippen molar-refractivity contribution in [1.82, 2.24) is 5.32 Å². The normalized spacial score (nSPS) is 18.5. The van der Waals surface area contributed by atoms with Crippen molar-refractivity contribution < 1.29 is 23.9 Å². The number of hydrogen-bond donors (Lipinski definition) is 1. The van der Waals surface area contributed by atoms with Gasteiger partial charge in [0.1, 0.15) is 5.75 Å². The molecule has 2 aliphatic heterocycles. The fraction of sp³-hybridized carbons (Fsp3) is 0.0455. The summed E-state index contributed by atoms with van der Waals surface area (Å²) in [7, 11) is 0. The molecule has 3 amide bonds. The molecule has 0 bridgehead atoms. The zero-order valence-electron chi connectivity index (χ0n) is 16.2. The summed E-state index contributed by atoms with van der Waals surface area (Å²) >= 11 is 0.624. The Kier molecular flexibility index (Phi) is 5.50. The number of hydrazone groups is 1. The van der Waals surface area contributed by atoms with Gasteiger partial charge in [-0.3, -0.25) is 19.7 Å². The first-order chi connectivity index (χ1) is 14.9. The molecule has 31 heavy (non-hydrogen) atoms. The van der Waals surface area contributed by atoms with Crippen molar-refractivity contribution in [1.29, 1.82) is 0 Å². The number of anilines is 1. The van der Waals surface area contributed by atoms with E-state index in [2.05, 4.69) is 10.4 Å². The SMILES string of the molecule is CC1=NN(c2ccccc2)C(=O)/C1=C\c1ccccc1OC(=O)/C=C1\SC(=O)NC1=O. The maximum absolute atomic E-state index is 12.9. The number of ether oxygens (including phenoxy) is 1. The number of carbonyl (C=O) groups is 4. The Morgan fingerprint density at radius 2 is 1.77 bits per heavy atom. The first-order valence-corrected chi connectivity index (χ1v) is 9.96. The zero-order valence-corrected chi connectivity index (χ0v) is 17.0. The Morgan fingerprint density at radius 1 is 1.06 bits per heavy atom.